The highest BCUT2D eigenvalue weighted by atomic mass is 16.5. The number of aromatic carboxylic acids is 1. The largest absolute Gasteiger partial charge is 0.489 e. The van der Waals surface area contributed by atoms with E-state index in [0.717, 1.165) is 23.3 Å². The van der Waals surface area contributed by atoms with Crippen LogP contribution in [0.4, 0.5) is 0 Å². The molecule has 0 unspecified atom stereocenters. The Morgan fingerprint density at radius 3 is 2.64 bits per heavy atom. The van der Waals surface area contributed by atoms with Gasteiger partial charge in [0.2, 0.25) is 0 Å². The average Bonchev–Trinajstić information content (AvgIpc) is 2.86. The topological polar surface area (TPSA) is 58.6 Å². The molecule has 0 aromatic heterocycles. The zero-order chi connectivity index (χ0) is 22.8. The average molecular weight is 438 g/mol. The van der Waals surface area contributed by atoms with Gasteiger partial charge in [-0.15, -0.1) is 0 Å². The molecular weight excluding hydrogens is 410 g/mol. The maximum absolute atomic E-state index is 11.5. The van der Waals surface area contributed by atoms with Crippen molar-refractivity contribution in [2.75, 3.05) is 6.54 Å². The van der Waals surface area contributed by atoms with Crippen LogP contribution < -0.4 is 10.1 Å². The molecule has 1 heterocycles. The van der Waals surface area contributed by atoms with E-state index < -0.39 is 5.97 Å². The van der Waals surface area contributed by atoms with E-state index in [1.807, 2.05) is 30.3 Å². The van der Waals surface area contributed by atoms with Crippen molar-refractivity contribution in [3.05, 3.63) is 113 Å². The first kappa shape index (κ1) is 21.2. The lowest BCUT2D eigenvalue weighted by Crippen LogP contribution is -2.37. The summed E-state index contributed by atoms with van der Waals surface area (Å²) in [5.74, 6) is 0.0623. The number of hydrogen-bond acceptors (Lipinski definition) is 3. The molecule has 0 bridgehead atoms. The van der Waals surface area contributed by atoms with E-state index in [-0.39, 0.29) is 18.1 Å². The van der Waals surface area contributed by atoms with E-state index in [1.54, 1.807) is 12.1 Å². The summed E-state index contributed by atoms with van der Waals surface area (Å²) in [4.78, 5) is 11.5. The van der Waals surface area contributed by atoms with Crippen LogP contribution in [0.15, 0.2) is 91.0 Å². The molecule has 0 amide bonds. The SMILES string of the molecule is C[C@@H](NC[C@H]1C[C@@H](c2cccc(C(=O)O)c2)c2ccccc2O1)c1cccc2ccccc12. The molecule has 0 spiro atoms. The molecule has 2 N–H and O–H groups in total. The van der Waals surface area contributed by atoms with Gasteiger partial charge < -0.3 is 15.2 Å². The monoisotopic (exact) mass is 437 g/mol. The maximum Gasteiger partial charge on any atom is 0.335 e. The minimum Gasteiger partial charge on any atom is -0.489 e. The lowest BCUT2D eigenvalue weighted by atomic mass is 9.83. The molecule has 1 aliphatic heterocycles. The van der Waals surface area contributed by atoms with Crippen LogP contribution in [0.5, 0.6) is 5.75 Å². The summed E-state index contributed by atoms with van der Waals surface area (Å²) in [6.07, 6.45) is 0.769. The Bertz CT molecular complexity index is 1290. The van der Waals surface area contributed by atoms with Gasteiger partial charge in [-0.1, -0.05) is 72.8 Å². The Morgan fingerprint density at radius 1 is 1.00 bits per heavy atom. The van der Waals surface area contributed by atoms with Gasteiger partial charge in [-0.2, -0.15) is 0 Å². The zero-order valence-corrected chi connectivity index (χ0v) is 18.6. The summed E-state index contributed by atoms with van der Waals surface area (Å²) >= 11 is 0. The van der Waals surface area contributed by atoms with E-state index in [9.17, 15) is 9.90 Å². The number of nitrogens with one attached hydrogen (secondary N) is 1. The standard InChI is InChI=1S/C29H27NO3/c1-19(24-14-7-9-20-8-2-3-12-25(20)24)30-18-23-17-27(26-13-4-5-15-28(26)33-23)21-10-6-11-22(16-21)29(31)32/h2-16,19,23,27,30H,17-18H2,1H3,(H,31,32)/t19-,23-,27+/m1/s1. The highest BCUT2D eigenvalue weighted by molar-refractivity contribution is 5.88. The molecule has 166 valence electrons. The molecule has 4 aromatic carbocycles. The van der Waals surface area contributed by atoms with Crippen molar-refractivity contribution >= 4 is 16.7 Å². The predicted molar refractivity (Wildman–Crippen MR) is 131 cm³/mol. The summed E-state index contributed by atoms with van der Waals surface area (Å²) in [5, 5.41) is 15.6. The summed E-state index contributed by atoms with van der Waals surface area (Å²) in [5.41, 5.74) is 3.71. The Balaban J connectivity index is 1.37. The second-order valence-corrected chi connectivity index (χ2v) is 8.69. The van der Waals surface area contributed by atoms with Crippen molar-refractivity contribution in [1.29, 1.82) is 0 Å². The molecule has 5 rings (SSSR count). The Labute approximate surface area is 193 Å². The normalized spacial score (nSPS) is 18.3. The van der Waals surface area contributed by atoms with Crippen LogP contribution in [0.1, 0.15) is 52.4 Å². The first-order chi connectivity index (χ1) is 16.1. The summed E-state index contributed by atoms with van der Waals surface area (Å²) in [7, 11) is 0. The van der Waals surface area contributed by atoms with Gasteiger partial charge in [0.1, 0.15) is 11.9 Å². The van der Waals surface area contributed by atoms with Gasteiger partial charge in [0.05, 0.1) is 5.56 Å². The van der Waals surface area contributed by atoms with E-state index in [0.29, 0.717) is 12.1 Å². The second-order valence-electron chi connectivity index (χ2n) is 8.69. The molecular formula is C29H27NO3. The molecule has 33 heavy (non-hydrogen) atoms. The Kier molecular flexibility index (Phi) is 5.84. The minimum atomic E-state index is -0.903. The molecule has 4 nitrogen and oxygen atoms in total. The second kappa shape index (κ2) is 9.08. The van der Waals surface area contributed by atoms with E-state index in [2.05, 4.69) is 60.8 Å². The van der Waals surface area contributed by atoms with Crippen molar-refractivity contribution in [2.24, 2.45) is 0 Å². The highest BCUT2D eigenvalue weighted by Gasteiger charge is 2.30. The smallest absolute Gasteiger partial charge is 0.335 e. The summed E-state index contributed by atoms with van der Waals surface area (Å²) in [6, 6.07) is 30.4. The fourth-order valence-corrected chi connectivity index (χ4v) is 4.87. The maximum atomic E-state index is 11.5. The van der Waals surface area contributed by atoms with Crippen molar-refractivity contribution in [1.82, 2.24) is 5.32 Å². The number of para-hydroxylation sites is 1. The van der Waals surface area contributed by atoms with Gasteiger partial charge in [-0.25, -0.2) is 4.79 Å². The van der Waals surface area contributed by atoms with Gasteiger partial charge >= 0.3 is 5.97 Å². The molecule has 4 aromatic rings. The van der Waals surface area contributed by atoms with Crippen LogP contribution >= 0.6 is 0 Å². The van der Waals surface area contributed by atoms with Crippen LogP contribution in [-0.4, -0.2) is 23.7 Å². The molecule has 3 atom stereocenters. The fourth-order valence-electron chi connectivity index (χ4n) is 4.87. The van der Waals surface area contributed by atoms with Crippen molar-refractivity contribution in [2.45, 2.75) is 31.4 Å². The number of hydrogen-bond donors (Lipinski definition) is 2. The third-order valence-corrected chi connectivity index (χ3v) is 6.56. The van der Waals surface area contributed by atoms with Crippen molar-refractivity contribution < 1.29 is 14.6 Å². The van der Waals surface area contributed by atoms with E-state index >= 15 is 0 Å². The molecule has 0 radical (unpaired) electrons. The number of ether oxygens (including phenoxy) is 1. The van der Waals surface area contributed by atoms with Gasteiger partial charge in [-0.05, 0) is 53.4 Å². The molecule has 0 saturated heterocycles. The predicted octanol–water partition coefficient (Wildman–Crippen LogP) is 6.17. The number of carbonyl (C=O) groups is 1. The Hall–Kier alpha value is -3.63. The lowest BCUT2D eigenvalue weighted by molar-refractivity contribution is 0.0696. The van der Waals surface area contributed by atoms with Crippen molar-refractivity contribution in [3.63, 3.8) is 0 Å². The van der Waals surface area contributed by atoms with Crippen LogP contribution in [-0.2, 0) is 0 Å². The van der Waals surface area contributed by atoms with Crippen LogP contribution in [0.25, 0.3) is 10.8 Å². The number of carboxylic acid groups (broad SMARTS) is 1. The Morgan fingerprint density at radius 2 is 1.76 bits per heavy atom. The van der Waals surface area contributed by atoms with Crippen LogP contribution in [0.2, 0.25) is 0 Å². The lowest BCUT2D eigenvalue weighted by Gasteiger charge is -2.33. The molecule has 0 aliphatic carbocycles. The number of carboxylic acids is 1. The quantitative estimate of drug-likeness (QED) is 0.379. The third-order valence-electron chi connectivity index (χ3n) is 6.56. The van der Waals surface area contributed by atoms with Crippen LogP contribution in [0.3, 0.4) is 0 Å². The number of fused-ring (bicyclic) bond motifs is 2. The zero-order valence-electron chi connectivity index (χ0n) is 18.6. The first-order valence-corrected chi connectivity index (χ1v) is 11.4. The summed E-state index contributed by atoms with van der Waals surface area (Å²) in [6.45, 7) is 2.89. The fraction of sp³-hybridized carbons (Fsp3) is 0.207. The van der Waals surface area contributed by atoms with E-state index in [1.165, 1.54) is 16.3 Å². The van der Waals surface area contributed by atoms with Gasteiger partial charge in [0.25, 0.3) is 0 Å². The minimum absolute atomic E-state index is 0.0178. The van der Waals surface area contributed by atoms with Gasteiger partial charge in [0.15, 0.2) is 0 Å². The van der Waals surface area contributed by atoms with E-state index in [4.69, 9.17) is 4.74 Å². The highest BCUT2D eigenvalue weighted by Crippen LogP contribution is 2.40. The molecule has 0 saturated carbocycles. The number of rotatable bonds is 6. The van der Waals surface area contributed by atoms with Crippen molar-refractivity contribution in [3.8, 4) is 5.75 Å². The molecule has 0 fully saturated rings. The number of benzene rings is 4. The van der Waals surface area contributed by atoms with Gasteiger partial charge in [0, 0.05) is 24.1 Å². The molecule has 4 heteroatoms. The molecule has 1 aliphatic rings. The van der Waals surface area contributed by atoms with Crippen LogP contribution in [0, 0.1) is 0 Å². The van der Waals surface area contributed by atoms with Gasteiger partial charge in [-0.3, -0.25) is 0 Å². The summed E-state index contributed by atoms with van der Waals surface area (Å²) < 4.78 is 6.36. The first-order valence-electron chi connectivity index (χ1n) is 11.4. The third kappa shape index (κ3) is 4.35.